The van der Waals surface area contributed by atoms with Gasteiger partial charge in [0.2, 0.25) is 11.3 Å². The highest BCUT2D eigenvalue weighted by Crippen LogP contribution is 2.45. The fraction of sp³-hybridized carbons (Fsp3) is 0.333. The molecule has 2 rings (SSSR count). The number of carbonyl (C=O) groups excluding carboxylic acids is 1. The van der Waals surface area contributed by atoms with E-state index in [1.54, 1.807) is 18.2 Å². The van der Waals surface area contributed by atoms with E-state index in [2.05, 4.69) is 0 Å². The summed E-state index contributed by atoms with van der Waals surface area (Å²) in [5.41, 5.74) is 3.30. The number of hydrogen-bond acceptors (Lipinski definition) is 6. The number of rotatable bonds is 0. The Morgan fingerprint density at radius 1 is 1.22 bits per heavy atom. The first kappa shape index (κ1) is 11.7. The van der Waals surface area contributed by atoms with Gasteiger partial charge in [-0.1, -0.05) is 0 Å². The summed E-state index contributed by atoms with van der Waals surface area (Å²) < 4.78 is 5.21. The van der Waals surface area contributed by atoms with Crippen LogP contribution < -0.4 is 5.73 Å². The summed E-state index contributed by atoms with van der Waals surface area (Å²) >= 11 is 0. The summed E-state index contributed by atoms with van der Waals surface area (Å²) in [6.07, 6.45) is 1.26. The maximum atomic E-state index is 11.9. The van der Waals surface area contributed by atoms with Crippen molar-refractivity contribution in [3.8, 4) is 18.2 Å². The number of carbonyl (C=O) groups is 1. The van der Waals surface area contributed by atoms with Gasteiger partial charge in [0.25, 0.3) is 0 Å². The van der Waals surface area contributed by atoms with Crippen molar-refractivity contribution >= 4 is 5.78 Å². The molecule has 0 fully saturated rings. The first-order valence-corrected chi connectivity index (χ1v) is 5.28. The molecule has 1 aliphatic carbocycles. The van der Waals surface area contributed by atoms with Gasteiger partial charge in [0.05, 0.1) is 17.7 Å². The van der Waals surface area contributed by atoms with Crippen LogP contribution in [0.5, 0.6) is 0 Å². The fourth-order valence-electron chi connectivity index (χ4n) is 2.22. The molecule has 0 bridgehead atoms. The topological polar surface area (TPSA) is 124 Å². The van der Waals surface area contributed by atoms with Crippen molar-refractivity contribution in [2.75, 3.05) is 0 Å². The summed E-state index contributed by atoms with van der Waals surface area (Å²) in [4.78, 5) is 11.9. The summed E-state index contributed by atoms with van der Waals surface area (Å²) in [6, 6.07) is 5.19. The predicted octanol–water partition coefficient (Wildman–Crippen LogP) is 0.751. The van der Waals surface area contributed by atoms with Crippen molar-refractivity contribution in [3.05, 3.63) is 22.8 Å². The molecule has 1 aliphatic heterocycles. The molecule has 0 unspecified atom stereocenters. The molecule has 88 valence electrons. The number of allylic oxidation sites excluding steroid dienone is 3. The van der Waals surface area contributed by atoms with Gasteiger partial charge >= 0.3 is 0 Å². The summed E-state index contributed by atoms with van der Waals surface area (Å²) in [6.45, 7) is 0. The van der Waals surface area contributed by atoms with E-state index in [-0.39, 0.29) is 35.0 Å². The molecule has 2 N–H and O–H groups in total. The van der Waals surface area contributed by atoms with Crippen molar-refractivity contribution in [2.24, 2.45) is 11.1 Å². The predicted molar refractivity (Wildman–Crippen MR) is 57.5 cm³/mol. The van der Waals surface area contributed by atoms with Crippen molar-refractivity contribution in [2.45, 2.75) is 19.3 Å². The molecule has 0 radical (unpaired) electrons. The molecule has 0 saturated carbocycles. The van der Waals surface area contributed by atoms with E-state index in [0.717, 1.165) is 0 Å². The molecule has 6 nitrogen and oxygen atoms in total. The molecule has 0 spiro atoms. The second kappa shape index (κ2) is 3.91. The lowest BCUT2D eigenvalue weighted by atomic mass is 9.70. The van der Waals surface area contributed by atoms with Crippen LogP contribution in [0.3, 0.4) is 0 Å². The van der Waals surface area contributed by atoms with Gasteiger partial charge in [-0.25, -0.2) is 0 Å². The molecule has 0 saturated heterocycles. The number of ether oxygens (including phenoxy) is 1. The Kier molecular flexibility index (Phi) is 2.54. The smallest absolute Gasteiger partial charge is 0.215 e. The molecule has 0 aromatic rings. The van der Waals surface area contributed by atoms with Gasteiger partial charge in [0.1, 0.15) is 17.4 Å². The first-order chi connectivity index (χ1) is 8.60. The van der Waals surface area contributed by atoms with Crippen LogP contribution in [0.25, 0.3) is 0 Å². The molecule has 0 aromatic heterocycles. The Balaban J connectivity index is 2.76. The van der Waals surface area contributed by atoms with Gasteiger partial charge in [-0.2, -0.15) is 15.8 Å². The maximum absolute atomic E-state index is 11.9. The van der Waals surface area contributed by atoms with Crippen LogP contribution in [0, 0.1) is 39.4 Å². The molecule has 6 heteroatoms. The minimum absolute atomic E-state index is 0.0236. The molecule has 0 aromatic carbocycles. The fourth-order valence-corrected chi connectivity index (χ4v) is 2.22. The Morgan fingerprint density at radius 2 is 1.89 bits per heavy atom. The Morgan fingerprint density at radius 3 is 2.44 bits per heavy atom. The van der Waals surface area contributed by atoms with Gasteiger partial charge in [0.15, 0.2) is 5.78 Å². The van der Waals surface area contributed by atoms with E-state index < -0.39 is 5.41 Å². The highest BCUT2D eigenvalue weighted by Gasteiger charge is 2.50. The zero-order chi connectivity index (χ0) is 13.3. The van der Waals surface area contributed by atoms with E-state index in [9.17, 15) is 15.3 Å². The molecule has 18 heavy (non-hydrogen) atoms. The lowest BCUT2D eigenvalue weighted by Crippen LogP contribution is -2.36. The third-order valence-corrected chi connectivity index (χ3v) is 3.04. The van der Waals surface area contributed by atoms with Gasteiger partial charge in [-0.15, -0.1) is 0 Å². The van der Waals surface area contributed by atoms with Crippen LogP contribution >= 0.6 is 0 Å². The van der Waals surface area contributed by atoms with E-state index in [4.69, 9.17) is 15.7 Å². The molecular weight excluding hydrogens is 232 g/mol. The van der Waals surface area contributed by atoms with E-state index >= 15 is 0 Å². The third kappa shape index (κ3) is 1.28. The lowest BCUT2D eigenvalue weighted by Gasteiger charge is -2.31. The first-order valence-electron chi connectivity index (χ1n) is 5.28. The van der Waals surface area contributed by atoms with Crippen molar-refractivity contribution in [1.82, 2.24) is 0 Å². The summed E-state index contributed by atoms with van der Waals surface area (Å²) in [5, 5.41) is 27.6. The maximum Gasteiger partial charge on any atom is 0.215 e. The van der Waals surface area contributed by atoms with Crippen molar-refractivity contribution < 1.29 is 9.53 Å². The van der Waals surface area contributed by atoms with E-state index in [1.165, 1.54) is 0 Å². The normalized spacial score (nSPS) is 21.3. The van der Waals surface area contributed by atoms with Crippen LogP contribution in [-0.4, -0.2) is 5.78 Å². The van der Waals surface area contributed by atoms with Crippen LogP contribution in [0.1, 0.15) is 19.3 Å². The van der Waals surface area contributed by atoms with Crippen LogP contribution in [0.4, 0.5) is 0 Å². The molecule has 1 heterocycles. The highest BCUT2D eigenvalue weighted by atomic mass is 16.5. The third-order valence-electron chi connectivity index (χ3n) is 3.04. The monoisotopic (exact) mass is 240 g/mol. The van der Waals surface area contributed by atoms with Crippen LogP contribution in [0.15, 0.2) is 22.8 Å². The van der Waals surface area contributed by atoms with Gasteiger partial charge < -0.3 is 10.5 Å². The number of Topliss-reactive ketones (excluding diaryl/α,β-unsaturated/α-hetero) is 1. The van der Waals surface area contributed by atoms with Gasteiger partial charge in [-0.05, 0) is 6.42 Å². The second-order valence-electron chi connectivity index (χ2n) is 4.00. The largest absolute Gasteiger partial charge is 0.444 e. The average Bonchev–Trinajstić information content (AvgIpc) is 2.37. The average molecular weight is 240 g/mol. The molecule has 0 atom stereocenters. The van der Waals surface area contributed by atoms with Gasteiger partial charge in [0, 0.05) is 12.8 Å². The SMILES string of the molecule is N#CC1=C(N)OC2=C(C(=O)CCC2)C1(C#N)C#N. The Labute approximate surface area is 103 Å². The Hall–Kier alpha value is -2.78. The van der Waals surface area contributed by atoms with E-state index in [1.807, 2.05) is 0 Å². The number of nitrogens with two attached hydrogens (primary N) is 1. The van der Waals surface area contributed by atoms with Crippen LogP contribution in [-0.2, 0) is 9.53 Å². The van der Waals surface area contributed by atoms with Crippen LogP contribution in [0.2, 0.25) is 0 Å². The van der Waals surface area contributed by atoms with Gasteiger partial charge in [-0.3, -0.25) is 4.79 Å². The molecule has 2 aliphatic rings. The molecule has 0 amide bonds. The minimum Gasteiger partial charge on any atom is -0.444 e. The second-order valence-corrected chi connectivity index (χ2v) is 4.00. The number of ketones is 1. The molecular formula is C12H8N4O2. The lowest BCUT2D eigenvalue weighted by molar-refractivity contribution is -0.117. The van der Waals surface area contributed by atoms with E-state index in [0.29, 0.717) is 12.8 Å². The Bertz CT molecular complexity index is 608. The zero-order valence-corrected chi connectivity index (χ0v) is 9.36. The number of nitriles is 3. The quantitative estimate of drug-likeness (QED) is 0.666. The summed E-state index contributed by atoms with van der Waals surface area (Å²) in [5.74, 6) is -0.362. The number of nitrogens with zero attached hydrogens (tertiary/aromatic N) is 3. The number of hydrogen-bond donors (Lipinski definition) is 1. The highest BCUT2D eigenvalue weighted by molar-refractivity contribution is 6.00. The minimum atomic E-state index is -1.93. The summed E-state index contributed by atoms with van der Waals surface area (Å²) in [7, 11) is 0. The van der Waals surface area contributed by atoms with Crippen molar-refractivity contribution in [1.29, 1.82) is 15.8 Å². The zero-order valence-electron chi connectivity index (χ0n) is 9.36. The standard InChI is InChI=1S/C12H8N4O2/c13-4-7-11(16)18-9-3-1-2-8(17)10(9)12(7,5-14)6-15/h1-3,16H2. The van der Waals surface area contributed by atoms with Crippen molar-refractivity contribution in [3.63, 3.8) is 0 Å².